The van der Waals surface area contributed by atoms with Crippen molar-refractivity contribution < 1.29 is 30.0 Å². The highest BCUT2D eigenvalue weighted by Gasteiger charge is 2.73. The van der Waals surface area contributed by atoms with Gasteiger partial charge in [-0.3, -0.25) is 9.59 Å². The lowest BCUT2D eigenvalue weighted by Crippen LogP contribution is -2.62. The van der Waals surface area contributed by atoms with E-state index in [1.54, 1.807) is 17.8 Å². The number of rotatable bonds is 5. The van der Waals surface area contributed by atoms with Gasteiger partial charge in [0.15, 0.2) is 11.5 Å². The SMILES string of the molecule is Cc1c(O)c(O)cc2c1C(SCCC(=O)O)C=C1C2(C)CCC2(C)C3CC4(C(=O)O)CC4CC3(C)CCC12C. The van der Waals surface area contributed by atoms with Crippen molar-refractivity contribution in [2.45, 2.75) is 96.7 Å². The Morgan fingerprint density at radius 3 is 2.38 bits per heavy atom. The summed E-state index contributed by atoms with van der Waals surface area (Å²) in [7, 11) is 0. The van der Waals surface area contributed by atoms with E-state index in [0.717, 1.165) is 56.1 Å². The number of carboxylic acids is 2. The molecule has 0 spiro atoms. The number of phenols is 2. The molecule has 8 atom stereocenters. The maximum absolute atomic E-state index is 12.4. The van der Waals surface area contributed by atoms with Crippen molar-refractivity contribution in [1.82, 2.24) is 0 Å². The monoisotopic (exact) mass is 554 g/mol. The minimum absolute atomic E-state index is 0.0634. The number of thioether (sulfide) groups is 1. The molecular formula is C32H42O6S. The fourth-order valence-corrected chi connectivity index (χ4v) is 11.3. The zero-order valence-corrected chi connectivity index (χ0v) is 24.6. The summed E-state index contributed by atoms with van der Waals surface area (Å²) < 4.78 is 0. The lowest BCUT2D eigenvalue weighted by atomic mass is 9.35. The summed E-state index contributed by atoms with van der Waals surface area (Å²) >= 11 is 1.59. The molecule has 8 unspecified atom stereocenters. The number of carbonyl (C=O) groups is 2. The fraction of sp³-hybridized carbons (Fsp3) is 0.688. The Balaban J connectivity index is 1.48. The van der Waals surface area contributed by atoms with Crippen molar-refractivity contribution in [2.24, 2.45) is 33.5 Å². The maximum atomic E-state index is 12.4. The van der Waals surface area contributed by atoms with Gasteiger partial charge in [0.1, 0.15) is 0 Å². The molecule has 6 nitrogen and oxygen atoms in total. The summed E-state index contributed by atoms with van der Waals surface area (Å²) in [6, 6.07) is 1.75. The van der Waals surface area contributed by atoms with E-state index in [0.29, 0.717) is 23.2 Å². The predicted octanol–water partition coefficient (Wildman–Crippen LogP) is 6.96. The smallest absolute Gasteiger partial charge is 0.309 e. The number of carboxylic acid groups (broad SMARTS) is 2. The minimum Gasteiger partial charge on any atom is -0.504 e. The van der Waals surface area contributed by atoms with Crippen molar-refractivity contribution in [3.05, 3.63) is 34.4 Å². The molecule has 6 rings (SSSR count). The highest BCUT2D eigenvalue weighted by molar-refractivity contribution is 7.99. The molecule has 1 aromatic carbocycles. The first kappa shape index (κ1) is 27.0. The highest BCUT2D eigenvalue weighted by Crippen LogP contribution is 2.79. The Labute approximate surface area is 235 Å². The Kier molecular flexibility index (Phi) is 5.69. The molecule has 4 fully saturated rings. The van der Waals surface area contributed by atoms with Crippen LogP contribution in [0.4, 0.5) is 0 Å². The Bertz CT molecular complexity index is 1320. The van der Waals surface area contributed by atoms with Crippen LogP contribution in [0.3, 0.4) is 0 Å². The number of aromatic hydroxyl groups is 2. The summed E-state index contributed by atoms with van der Waals surface area (Å²) in [6.45, 7) is 11.4. The van der Waals surface area contributed by atoms with Gasteiger partial charge in [0.25, 0.3) is 0 Å². The van der Waals surface area contributed by atoms with Gasteiger partial charge in [0, 0.05) is 16.4 Å². The summed E-state index contributed by atoms with van der Waals surface area (Å²) in [5.74, 6) is -0.554. The van der Waals surface area contributed by atoms with E-state index in [1.165, 1.54) is 5.57 Å². The van der Waals surface area contributed by atoms with Gasteiger partial charge in [-0.1, -0.05) is 39.3 Å². The number of phenolic OH excluding ortho intramolecular Hbond substituents is 2. The van der Waals surface area contributed by atoms with Gasteiger partial charge < -0.3 is 20.4 Å². The van der Waals surface area contributed by atoms with Crippen LogP contribution in [-0.4, -0.2) is 38.1 Å². The zero-order chi connectivity index (χ0) is 28.3. The third-order valence-corrected chi connectivity index (χ3v) is 13.9. The third kappa shape index (κ3) is 3.40. The summed E-state index contributed by atoms with van der Waals surface area (Å²) in [5.41, 5.74) is 3.13. The number of hydrogen-bond acceptors (Lipinski definition) is 5. The van der Waals surface area contributed by atoms with Gasteiger partial charge in [0.05, 0.1) is 11.8 Å². The second-order valence-electron chi connectivity index (χ2n) is 14.4. The van der Waals surface area contributed by atoms with Crippen LogP contribution in [-0.2, 0) is 15.0 Å². The molecule has 4 saturated carbocycles. The van der Waals surface area contributed by atoms with Crippen LogP contribution in [0.2, 0.25) is 0 Å². The Morgan fingerprint density at radius 2 is 1.72 bits per heavy atom. The number of fused-ring (bicyclic) bond motifs is 8. The van der Waals surface area contributed by atoms with Gasteiger partial charge >= 0.3 is 11.9 Å². The molecule has 5 aliphatic rings. The van der Waals surface area contributed by atoms with E-state index in [-0.39, 0.29) is 44.8 Å². The minimum atomic E-state index is -0.826. The van der Waals surface area contributed by atoms with Crippen LogP contribution >= 0.6 is 11.8 Å². The number of aliphatic carboxylic acids is 2. The first-order valence-electron chi connectivity index (χ1n) is 14.5. The molecule has 0 amide bonds. The first-order chi connectivity index (χ1) is 18.1. The first-order valence-corrected chi connectivity index (χ1v) is 15.5. The van der Waals surface area contributed by atoms with Crippen molar-refractivity contribution in [3.8, 4) is 11.5 Å². The maximum Gasteiger partial charge on any atom is 0.309 e. The Hall–Kier alpha value is -2.15. The van der Waals surface area contributed by atoms with Gasteiger partial charge in [-0.25, -0.2) is 0 Å². The van der Waals surface area contributed by atoms with Crippen LogP contribution in [0, 0.1) is 40.4 Å². The summed E-state index contributed by atoms with van der Waals surface area (Å²) in [5, 5.41) is 40.8. The number of hydrogen-bond donors (Lipinski definition) is 4. The number of benzene rings is 1. The molecule has 4 N–H and O–H groups in total. The highest BCUT2D eigenvalue weighted by atomic mass is 32.2. The molecule has 5 aliphatic carbocycles. The molecule has 39 heavy (non-hydrogen) atoms. The molecule has 0 bridgehead atoms. The van der Waals surface area contributed by atoms with Crippen molar-refractivity contribution in [3.63, 3.8) is 0 Å². The normalized spacial score (nSPS) is 43.6. The van der Waals surface area contributed by atoms with Crippen LogP contribution < -0.4 is 0 Å². The van der Waals surface area contributed by atoms with Crippen molar-refractivity contribution in [1.29, 1.82) is 0 Å². The van der Waals surface area contributed by atoms with E-state index in [2.05, 4.69) is 33.8 Å². The lowest BCUT2D eigenvalue weighted by Gasteiger charge is -2.69. The molecule has 0 saturated heterocycles. The van der Waals surface area contributed by atoms with Crippen molar-refractivity contribution >= 4 is 23.7 Å². The molecule has 212 valence electrons. The quantitative estimate of drug-likeness (QED) is 0.230. The van der Waals surface area contributed by atoms with E-state index >= 15 is 0 Å². The molecule has 7 heteroatoms. The molecular weight excluding hydrogens is 512 g/mol. The molecule has 0 aromatic heterocycles. The number of allylic oxidation sites excluding steroid dienone is 1. The second kappa shape index (κ2) is 8.20. The molecule has 0 heterocycles. The van der Waals surface area contributed by atoms with Crippen LogP contribution in [0.1, 0.15) is 101 Å². The summed E-state index contributed by atoms with van der Waals surface area (Å²) in [6.07, 6.45) is 9.01. The van der Waals surface area contributed by atoms with Gasteiger partial charge in [-0.2, -0.15) is 0 Å². The van der Waals surface area contributed by atoms with Gasteiger partial charge in [-0.05, 0) is 103 Å². The standard InChI is InChI=1S/C32H42O6S/c1-17-25-19(12-20(33)26(17)36)29(3)8-10-31(5)23-16-32(27(37)38)15-18(32)14-28(23,2)7-9-30(31,4)22(29)13-21(25)39-11-6-24(34)35/h12-13,18,21,23,33,36H,6-11,14-16H2,1-5H3,(H,34,35)(H,37,38). The van der Waals surface area contributed by atoms with Crippen LogP contribution in [0.5, 0.6) is 11.5 Å². The second-order valence-corrected chi connectivity index (χ2v) is 15.7. The average Bonchev–Trinajstić information content (AvgIpc) is 3.58. The van der Waals surface area contributed by atoms with Gasteiger partial charge in [-0.15, -0.1) is 11.8 Å². The molecule has 0 radical (unpaired) electrons. The van der Waals surface area contributed by atoms with Gasteiger partial charge in [0.2, 0.25) is 0 Å². The fourth-order valence-electron chi connectivity index (χ4n) is 10.1. The van der Waals surface area contributed by atoms with Crippen LogP contribution in [0.25, 0.3) is 0 Å². The topological polar surface area (TPSA) is 115 Å². The average molecular weight is 555 g/mol. The van der Waals surface area contributed by atoms with Crippen molar-refractivity contribution in [2.75, 3.05) is 5.75 Å². The third-order valence-electron chi connectivity index (χ3n) is 12.7. The van der Waals surface area contributed by atoms with E-state index in [4.69, 9.17) is 0 Å². The molecule has 0 aliphatic heterocycles. The van der Waals surface area contributed by atoms with E-state index in [9.17, 15) is 30.0 Å². The molecule has 1 aromatic rings. The largest absolute Gasteiger partial charge is 0.504 e. The Morgan fingerprint density at radius 1 is 1.00 bits per heavy atom. The van der Waals surface area contributed by atoms with E-state index < -0.39 is 17.4 Å². The lowest BCUT2D eigenvalue weighted by molar-refractivity contribution is -0.165. The van der Waals surface area contributed by atoms with E-state index in [1.807, 2.05) is 6.92 Å². The zero-order valence-electron chi connectivity index (χ0n) is 23.8. The van der Waals surface area contributed by atoms with Crippen LogP contribution in [0.15, 0.2) is 17.7 Å². The predicted molar refractivity (Wildman–Crippen MR) is 151 cm³/mol. The summed E-state index contributed by atoms with van der Waals surface area (Å²) in [4.78, 5) is 23.8.